The lowest BCUT2D eigenvalue weighted by molar-refractivity contribution is -0.122. The maximum absolute atomic E-state index is 12.6. The first kappa shape index (κ1) is 21.1. The van der Waals surface area contributed by atoms with Crippen LogP contribution in [0.2, 0.25) is 0 Å². The summed E-state index contributed by atoms with van der Waals surface area (Å²) in [6.07, 6.45) is 1.92. The van der Waals surface area contributed by atoms with Gasteiger partial charge in [-0.25, -0.2) is 8.42 Å². The smallest absolute Gasteiger partial charge is 0.235 e. The van der Waals surface area contributed by atoms with Gasteiger partial charge in [0.2, 0.25) is 15.9 Å². The summed E-state index contributed by atoms with van der Waals surface area (Å²) in [5.41, 5.74) is 1.87. The van der Waals surface area contributed by atoms with Crippen LogP contribution in [0.5, 0.6) is 0 Å². The van der Waals surface area contributed by atoms with E-state index in [1.54, 1.807) is 0 Å². The Morgan fingerprint density at radius 1 is 1.00 bits per heavy atom. The van der Waals surface area contributed by atoms with E-state index in [4.69, 9.17) is 0 Å². The number of amides is 1. The first-order valence-corrected chi connectivity index (χ1v) is 10.9. The lowest BCUT2D eigenvalue weighted by Gasteiger charge is -2.24. The second kappa shape index (κ2) is 9.67. The van der Waals surface area contributed by atoms with Gasteiger partial charge in [0.15, 0.2) is 0 Å². The van der Waals surface area contributed by atoms with Crippen molar-refractivity contribution in [3.8, 4) is 0 Å². The van der Waals surface area contributed by atoms with Gasteiger partial charge in [0, 0.05) is 6.54 Å². The summed E-state index contributed by atoms with van der Waals surface area (Å²) in [6, 6.07) is 18.9. The highest BCUT2D eigenvalue weighted by atomic mass is 32.2. The molecule has 5 nitrogen and oxygen atoms in total. The maximum Gasteiger partial charge on any atom is 0.235 e. The molecule has 0 saturated heterocycles. The van der Waals surface area contributed by atoms with Crippen molar-refractivity contribution in [3.63, 3.8) is 0 Å². The van der Waals surface area contributed by atoms with Crippen molar-refractivity contribution < 1.29 is 13.2 Å². The summed E-state index contributed by atoms with van der Waals surface area (Å²) in [7, 11) is -3.51. The summed E-state index contributed by atoms with van der Waals surface area (Å²) < 4.78 is 25.5. The number of carbonyl (C=O) groups is 1. The number of carbonyl (C=O) groups excluding carboxylic acids is 1. The average molecular weight is 389 g/mol. The fourth-order valence-corrected chi connectivity index (χ4v) is 3.65. The minimum absolute atomic E-state index is 0.142. The van der Waals surface area contributed by atoms with Crippen LogP contribution in [0.4, 0.5) is 0 Å². The van der Waals surface area contributed by atoms with Gasteiger partial charge in [-0.3, -0.25) is 4.79 Å². The highest BCUT2D eigenvalue weighted by Crippen LogP contribution is 2.21. The van der Waals surface area contributed by atoms with Gasteiger partial charge < -0.3 is 5.32 Å². The molecule has 0 radical (unpaired) electrons. The predicted octanol–water partition coefficient (Wildman–Crippen LogP) is 3.35. The third kappa shape index (κ3) is 7.15. The third-order valence-corrected chi connectivity index (χ3v) is 5.43. The van der Waals surface area contributed by atoms with Gasteiger partial charge in [-0.05, 0) is 23.5 Å². The molecule has 1 atom stereocenters. The molecule has 0 aliphatic carbocycles. The molecular weight excluding hydrogens is 360 g/mol. The quantitative estimate of drug-likeness (QED) is 0.716. The fourth-order valence-electron chi connectivity index (χ4n) is 2.91. The number of nitrogens with one attached hydrogen (secondary N) is 1. The lowest BCUT2D eigenvalue weighted by Crippen LogP contribution is -2.41. The van der Waals surface area contributed by atoms with Crippen LogP contribution in [0.15, 0.2) is 60.7 Å². The van der Waals surface area contributed by atoms with Gasteiger partial charge in [0.1, 0.15) is 0 Å². The Bertz CT molecular complexity index is 821. The zero-order valence-electron chi connectivity index (χ0n) is 16.1. The number of nitrogens with zero attached hydrogens (tertiary/aromatic N) is 1. The highest BCUT2D eigenvalue weighted by Gasteiger charge is 2.23. The Balaban J connectivity index is 2.11. The second-order valence-corrected chi connectivity index (χ2v) is 9.16. The van der Waals surface area contributed by atoms with Crippen molar-refractivity contribution in [1.29, 1.82) is 0 Å². The highest BCUT2D eigenvalue weighted by molar-refractivity contribution is 7.88. The molecule has 0 bridgehead atoms. The Hall–Kier alpha value is -2.18. The Labute approximate surface area is 162 Å². The Morgan fingerprint density at radius 3 is 2.07 bits per heavy atom. The minimum Gasteiger partial charge on any atom is -0.348 e. The van der Waals surface area contributed by atoms with Gasteiger partial charge in [-0.15, -0.1) is 0 Å². The normalized spacial score (nSPS) is 12.9. The first-order valence-electron chi connectivity index (χ1n) is 9.09. The predicted molar refractivity (Wildman–Crippen MR) is 108 cm³/mol. The van der Waals surface area contributed by atoms with E-state index in [1.165, 1.54) is 4.31 Å². The molecule has 0 fully saturated rings. The van der Waals surface area contributed by atoms with Crippen LogP contribution < -0.4 is 5.32 Å². The molecule has 0 spiro atoms. The summed E-state index contributed by atoms with van der Waals surface area (Å²) >= 11 is 0. The van der Waals surface area contributed by atoms with Crippen LogP contribution in [0, 0.1) is 5.92 Å². The molecule has 2 aromatic carbocycles. The van der Waals surface area contributed by atoms with E-state index in [9.17, 15) is 13.2 Å². The number of rotatable bonds is 9. The van der Waals surface area contributed by atoms with Gasteiger partial charge in [-0.2, -0.15) is 4.31 Å². The number of hydrogen-bond acceptors (Lipinski definition) is 3. The lowest BCUT2D eigenvalue weighted by atomic mass is 9.97. The summed E-state index contributed by atoms with van der Waals surface area (Å²) in [5, 5.41) is 3.01. The summed E-state index contributed by atoms with van der Waals surface area (Å²) in [4.78, 5) is 12.6. The maximum atomic E-state index is 12.6. The number of benzene rings is 2. The SMILES string of the molecule is CC(C)CC(NC(=O)CN(Cc1ccccc1)S(C)(=O)=O)c1ccccc1. The molecule has 0 aromatic heterocycles. The summed E-state index contributed by atoms with van der Waals surface area (Å²) in [5.74, 6) is 0.0942. The van der Waals surface area contributed by atoms with E-state index < -0.39 is 10.0 Å². The molecule has 146 valence electrons. The monoisotopic (exact) mass is 388 g/mol. The molecule has 0 saturated carbocycles. The summed E-state index contributed by atoms with van der Waals surface area (Å²) in [6.45, 7) is 4.17. The van der Waals surface area contributed by atoms with Crippen LogP contribution in [0.25, 0.3) is 0 Å². The van der Waals surface area contributed by atoms with E-state index in [-0.39, 0.29) is 25.0 Å². The zero-order valence-corrected chi connectivity index (χ0v) is 16.9. The molecule has 1 unspecified atom stereocenters. The van der Waals surface area contributed by atoms with Crippen molar-refractivity contribution >= 4 is 15.9 Å². The Morgan fingerprint density at radius 2 is 1.56 bits per heavy atom. The molecule has 27 heavy (non-hydrogen) atoms. The largest absolute Gasteiger partial charge is 0.348 e. The van der Waals surface area contributed by atoms with Crippen LogP contribution in [0.1, 0.15) is 37.4 Å². The number of hydrogen-bond donors (Lipinski definition) is 1. The molecule has 1 amide bonds. The average Bonchev–Trinajstić information content (AvgIpc) is 2.61. The van der Waals surface area contributed by atoms with Crippen molar-refractivity contribution in [2.24, 2.45) is 5.92 Å². The van der Waals surface area contributed by atoms with E-state index in [2.05, 4.69) is 19.2 Å². The molecule has 2 rings (SSSR count). The van der Waals surface area contributed by atoms with Gasteiger partial charge in [0.25, 0.3) is 0 Å². The van der Waals surface area contributed by atoms with Gasteiger partial charge >= 0.3 is 0 Å². The molecular formula is C21H28N2O3S. The fraction of sp³-hybridized carbons (Fsp3) is 0.381. The molecule has 1 N–H and O–H groups in total. The van der Waals surface area contributed by atoms with Crippen LogP contribution in [0.3, 0.4) is 0 Å². The Kier molecular flexibility index (Phi) is 7.56. The standard InChI is InChI=1S/C21H28N2O3S/c1-17(2)14-20(19-12-8-5-9-13-19)22-21(24)16-23(27(3,25)26)15-18-10-6-4-7-11-18/h4-13,17,20H,14-16H2,1-3H3,(H,22,24). The third-order valence-electron chi connectivity index (χ3n) is 4.23. The molecule has 0 aliphatic rings. The van der Waals surface area contributed by atoms with Crippen molar-refractivity contribution in [2.75, 3.05) is 12.8 Å². The van der Waals surface area contributed by atoms with Crippen molar-refractivity contribution in [3.05, 3.63) is 71.8 Å². The van der Waals surface area contributed by atoms with E-state index in [0.717, 1.165) is 23.8 Å². The zero-order chi connectivity index (χ0) is 19.9. The van der Waals surface area contributed by atoms with E-state index in [0.29, 0.717) is 5.92 Å². The van der Waals surface area contributed by atoms with Crippen LogP contribution in [-0.2, 0) is 21.4 Å². The topological polar surface area (TPSA) is 66.5 Å². The van der Waals surface area contributed by atoms with Crippen LogP contribution in [-0.4, -0.2) is 31.4 Å². The second-order valence-electron chi connectivity index (χ2n) is 7.18. The molecule has 2 aromatic rings. The molecule has 0 aliphatic heterocycles. The van der Waals surface area contributed by atoms with E-state index in [1.807, 2.05) is 60.7 Å². The van der Waals surface area contributed by atoms with Gasteiger partial charge in [0.05, 0.1) is 18.8 Å². The van der Waals surface area contributed by atoms with Crippen molar-refractivity contribution in [2.45, 2.75) is 32.9 Å². The molecule has 0 heterocycles. The van der Waals surface area contributed by atoms with Gasteiger partial charge in [-0.1, -0.05) is 74.5 Å². The molecule has 6 heteroatoms. The first-order chi connectivity index (χ1) is 12.8. The van der Waals surface area contributed by atoms with E-state index >= 15 is 0 Å². The van der Waals surface area contributed by atoms with Crippen molar-refractivity contribution in [1.82, 2.24) is 9.62 Å². The number of sulfonamides is 1. The van der Waals surface area contributed by atoms with Crippen LogP contribution >= 0.6 is 0 Å². The minimum atomic E-state index is -3.51.